The molecule has 0 aliphatic heterocycles. The number of rotatable bonds is 9. The van der Waals surface area contributed by atoms with E-state index in [0.29, 0.717) is 24.5 Å². The summed E-state index contributed by atoms with van der Waals surface area (Å²) in [6, 6.07) is 5.84. The highest BCUT2D eigenvalue weighted by molar-refractivity contribution is 5.75. The Morgan fingerprint density at radius 2 is 2.10 bits per heavy atom. The molecule has 0 fully saturated rings. The number of ether oxygens (including phenoxy) is 2. The van der Waals surface area contributed by atoms with Crippen LogP contribution in [0.1, 0.15) is 25.3 Å². The van der Waals surface area contributed by atoms with Gasteiger partial charge in [0.1, 0.15) is 0 Å². The summed E-state index contributed by atoms with van der Waals surface area (Å²) in [4.78, 5) is 11.2. The summed E-state index contributed by atoms with van der Waals surface area (Å²) in [5, 5.41) is 5.90. The lowest BCUT2D eigenvalue weighted by atomic mass is 10.2. The molecule has 0 saturated heterocycles. The number of amides is 1. The first kappa shape index (κ1) is 16.3. The van der Waals surface area contributed by atoms with Crippen molar-refractivity contribution in [1.29, 1.82) is 0 Å². The maximum atomic E-state index is 11.2. The number of benzene rings is 1. The van der Waals surface area contributed by atoms with Crippen LogP contribution in [0.5, 0.6) is 11.5 Å². The van der Waals surface area contributed by atoms with E-state index in [1.807, 2.05) is 18.2 Å². The molecular weight excluding hydrogens is 256 g/mol. The van der Waals surface area contributed by atoms with E-state index < -0.39 is 0 Å². The molecule has 0 aliphatic rings. The van der Waals surface area contributed by atoms with Gasteiger partial charge in [0.2, 0.25) is 5.91 Å². The first-order chi connectivity index (χ1) is 9.71. The van der Waals surface area contributed by atoms with Crippen LogP contribution in [0.3, 0.4) is 0 Å². The van der Waals surface area contributed by atoms with Gasteiger partial charge in [0.15, 0.2) is 11.5 Å². The molecule has 0 aromatic heterocycles. The van der Waals surface area contributed by atoms with Gasteiger partial charge in [-0.1, -0.05) is 13.0 Å². The molecule has 1 aromatic carbocycles. The zero-order chi connectivity index (χ0) is 14.8. The molecule has 0 aliphatic carbocycles. The van der Waals surface area contributed by atoms with Crippen LogP contribution < -0.4 is 20.1 Å². The molecule has 5 heteroatoms. The van der Waals surface area contributed by atoms with Crippen LogP contribution in [0.15, 0.2) is 18.2 Å². The summed E-state index contributed by atoms with van der Waals surface area (Å²) in [5.41, 5.74) is 1.13. The van der Waals surface area contributed by atoms with Crippen LogP contribution in [0.4, 0.5) is 0 Å². The number of carbonyl (C=O) groups excluding carboxylic acids is 1. The predicted molar refractivity (Wildman–Crippen MR) is 79.2 cm³/mol. The molecular formula is C15H24N2O3. The number of methoxy groups -OCH3 is 1. The van der Waals surface area contributed by atoms with Crippen LogP contribution in [-0.4, -0.2) is 33.2 Å². The molecule has 0 radical (unpaired) electrons. The Labute approximate surface area is 120 Å². The molecule has 0 atom stereocenters. The largest absolute Gasteiger partial charge is 0.493 e. The van der Waals surface area contributed by atoms with E-state index in [1.165, 1.54) is 0 Å². The number of carbonyl (C=O) groups is 1. The summed E-state index contributed by atoms with van der Waals surface area (Å²) in [5.74, 6) is 1.32. The number of nitrogens with one attached hydrogen (secondary N) is 2. The van der Waals surface area contributed by atoms with Crippen molar-refractivity contribution in [2.45, 2.75) is 26.3 Å². The van der Waals surface area contributed by atoms with Crippen LogP contribution in [-0.2, 0) is 11.3 Å². The van der Waals surface area contributed by atoms with Crippen molar-refractivity contribution in [1.82, 2.24) is 10.6 Å². The summed E-state index contributed by atoms with van der Waals surface area (Å²) >= 11 is 0. The van der Waals surface area contributed by atoms with Gasteiger partial charge in [-0.3, -0.25) is 4.79 Å². The summed E-state index contributed by atoms with van der Waals surface area (Å²) in [6.07, 6.45) is 1.43. The van der Waals surface area contributed by atoms with Gasteiger partial charge in [0.05, 0.1) is 20.1 Å². The number of hydrogen-bond acceptors (Lipinski definition) is 4. The maximum absolute atomic E-state index is 11.2. The molecule has 5 nitrogen and oxygen atoms in total. The second kappa shape index (κ2) is 9.20. The van der Waals surface area contributed by atoms with Gasteiger partial charge in [-0.2, -0.15) is 0 Å². The topological polar surface area (TPSA) is 59.6 Å². The smallest absolute Gasteiger partial charge is 0.223 e. The van der Waals surface area contributed by atoms with E-state index in [2.05, 4.69) is 17.6 Å². The third-order valence-corrected chi connectivity index (χ3v) is 2.85. The van der Waals surface area contributed by atoms with E-state index >= 15 is 0 Å². The molecule has 0 bridgehead atoms. The highest BCUT2D eigenvalue weighted by atomic mass is 16.5. The molecule has 1 amide bonds. The van der Waals surface area contributed by atoms with Crippen molar-refractivity contribution in [3.05, 3.63) is 23.8 Å². The standard InChI is InChI=1S/C15H24N2O3/c1-4-8-17-11-12-5-6-13(19-3)14(10-12)20-9-7-15(18)16-2/h5-6,10,17H,4,7-9,11H2,1-3H3,(H,16,18). The van der Waals surface area contributed by atoms with Gasteiger partial charge >= 0.3 is 0 Å². The van der Waals surface area contributed by atoms with Crippen molar-refractivity contribution >= 4 is 5.91 Å². The van der Waals surface area contributed by atoms with Gasteiger partial charge < -0.3 is 20.1 Å². The minimum absolute atomic E-state index is 0.0373. The van der Waals surface area contributed by atoms with E-state index in [1.54, 1.807) is 14.2 Å². The molecule has 2 N–H and O–H groups in total. The molecule has 0 heterocycles. The SMILES string of the molecule is CCCNCc1ccc(OC)c(OCCC(=O)NC)c1. The van der Waals surface area contributed by atoms with Crippen LogP contribution >= 0.6 is 0 Å². The third kappa shape index (κ3) is 5.48. The molecule has 0 saturated carbocycles. The summed E-state index contributed by atoms with van der Waals surface area (Å²) in [7, 11) is 3.22. The monoisotopic (exact) mass is 280 g/mol. The minimum Gasteiger partial charge on any atom is -0.493 e. The molecule has 0 spiro atoms. The van der Waals surface area contributed by atoms with Crippen molar-refractivity contribution < 1.29 is 14.3 Å². The Morgan fingerprint density at radius 1 is 1.30 bits per heavy atom. The van der Waals surface area contributed by atoms with E-state index in [0.717, 1.165) is 25.1 Å². The van der Waals surface area contributed by atoms with Gasteiger partial charge in [0, 0.05) is 13.6 Å². The lowest BCUT2D eigenvalue weighted by molar-refractivity contribution is -0.121. The summed E-state index contributed by atoms with van der Waals surface area (Å²) < 4.78 is 10.9. The second-order valence-electron chi connectivity index (χ2n) is 4.43. The van der Waals surface area contributed by atoms with E-state index in [-0.39, 0.29) is 5.91 Å². The average Bonchev–Trinajstić information content (AvgIpc) is 2.47. The lowest BCUT2D eigenvalue weighted by Crippen LogP contribution is -2.20. The third-order valence-electron chi connectivity index (χ3n) is 2.85. The van der Waals surface area contributed by atoms with Crippen LogP contribution in [0, 0.1) is 0 Å². The van der Waals surface area contributed by atoms with E-state index in [9.17, 15) is 4.79 Å². The quantitative estimate of drug-likeness (QED) is 0.676. The Balaban J connectivity index is 2.60. The highest BCUT2D eigenvalue weighted by Gasteiger charge is 2.07. The Hall–Kier alpha value is -1.75. The Kier molecular flexibility index (Phi) is 7.50. The van der Waals surface area contributed by atoms with Crippen molar-refractivity contribution in [2.24, 2.45) is 0 Å². The maximum Gasteiger partial charge on any atom is 0.223 e. The lowest BCUT2D eigenvalue weighted by Gasteiger charge is -2.12. The normalized spacial score (nSPS) is 10.2. The van der Waals surface area contributed by atoms with Gasteiger partial charge in [-0.15, -0.1) is 0 Å². The van der Waals surface area contributed by atoms with Crippen molar-refractivity contribution in [3.8, 4) is 11.5 Å². The second-order valence-corrected chi connectivity index (χ2v) is 4.43. The first-order valence-corrected chi connectivity index (χ1v) is 6.92. The fourth-order valence-corrected chi connectivity index (χ4v) is 1.73. The van der Waals surface area contributed by atoms with Gasteiger partial charge in [0.25, 0.3) is 0 Å². The Bertz CT molecular complexity index is 422. The fraction of sp³-hybridized carbons (Fsp3) is 0.533. The zero-order valence-electron chi connectivity index (χ0n) is 12.5. The average molecular weight is 280 g/mol. The predicted octanol–water partition coefficient (Wildman–Crippen LogP) is 1.71. The first-order valence-electron chi connectivity index (χ1n) is 6.92. The molecule has 1 rings (SSSR count). The van der Waals surface area contributed by atoms with Crippen LogP contribution in [0.2, 0.25) is 0 Å². The molecule has 1 aromatic rings. The van der Waals surface area contributed by atoms with Gasteiger partial charge in [-0.05, 0) is 30.7 Å². The molecule has 0 unspecified atom stereocenters. The fourth-order valence-electron chi connectivity index (χ4n) is 1.73. The minimum atomic E-state index is -0.0373. The van der Waals surface area contributed by atoms with Gasteiger partial charge in [-0.25, -0.2) is 0 Å². The molecule has 20 heavy (non-hydrogen) atoms. The van der Waals surface area contributed by atoms with E-state index in [4.69, 9.17) is 9.47 Å². The van der Waals surface area contributed by atoms with Crippen molar-refractivity contribution in [3.63, 3.8) is 0 Å². The summed E-state index contributed by atoms with van der Waals surface area (Å²) in [6.45, 7) is 4.25. The number of hydrogen-bond donors (Lipinski definition) is 2. The molecule has 112 valence electrons. The van der Waals surface area contributed by atoms with Crippen molar-refractivity contribution in [2.75, 3.05) is 27.3 Å². The van der Waals surface area contributed by atoms with Crippen LogP contribution in [0.25, 0.3) is 0 Å². The highest BCUT2D eigenvalue weighted by Crippen LogP contribution is 2.28. The Morgan fingerprint density at radius 3 is 2.75 bits per heavy atom. The zero-order valence-corrected chi connectivity index (χ0v) is 12.5.